The quantitative estimate of drug-likeness (QED) is 0.834. The molecule has 6 nitrogen and oxygen atoms in total. The van der Waals surface area contributed by atoms with Crippen molar-refractivity contribution >= 4 is 22.4 Å². The lowest BCUT2D eigenvalue weighted by atomic mass is 9.90. The minimum atomic E-state index is -0.725. The largest absolute Gasteiger partial charge is 0.465 e. The van der Waals surface area contributed by atoms with E-state index in [4.69, 9.17) is 9.47 Å². The standard InChI is InChI=1S/C13H21N3O3S/c1-4-19-11(17)13(2,3)10-9-20-12(14-10)15-16-5-7-18-8-6-16/h9H,4-8H2,1-3H3,(H,14,15). The summed E-state index contributed by atoms with van der Waals surface area (Å²) >= 11 is 1.49. The maximum absolute atomic E-state index is 12.0. The topological polar surface area (TPSA) is 63.7 Å². The van der Waals surface area contributed by atoms with Crippen LogP contribution in [0.2, 0.25) is 0 Å². The zero-order valence-electron chi connectivity index (χ0n) is 12.1. The van der Waals surface area contributed by atoms with E-state index >= 15 is 0 Å². The number of nitrogens with zero attached hydrogens (tertiary/aromatic N) is 2. The highest BCUT2D eigenvalue weighted by Crippen LogP contribution is 2.28. The fourth-order valence-electron chi connectivity index (χ4n) is 1.84. The first kappa shape index (κ1) is 15.2. The van der Waals surface area contributed by atoms with Crippen molar-refractivity contribution < 1.29 is 14.3 Å². The Hall–Kier alpha value is -1.18. The Bertz CT molecular complexity index is 455. The van der Waals surface area contributed by atoms with Gasteiger partial charge >= 0.3 is 5.97 Å². The first-order chi connectivity index (χ1) is 9.54. The second-order valence-electron chi connectivity index (χ2n) is 5.09. The second kappa shape index (κ2) is 6.51. The van der Waals surface area contributed by atoms with Gasteiger partial charge in [0.2, 0.25) is 0 Å². The van der Waals surface area contributed by atoms with E-state index in [0.717, 1.165) is 37.1 Å². The van der Waals surface area contributed by atoms with Gasteiger partial charge < -0.3 is 9.47 Å². The van der Waals surface area contributed by atoms with Crippen molar-refractivity contribution in [2.24, 2.45) is 0 Å². The van der Waals surface area contributed by atoms with Gasteiger partial charge in [0.05, 0.1) is 25.5 Å². The summed E-state index contributed by atoms with van der Waals surface area (Å²) in [5, 5.41) is 4.77. The molecule has 1 saturated heterocycles. The molecule has 2 rings (SSSR count). The van der Waals surface area contributed by atoms with Crippen LogP contribution in [0.1, 0.15) is 26.5 Å². The summed E-state index contributed by atoms with van der Waals surface area (Å²) in [5.41, 5.74) is 3.26. The Kier molecular flexibility index (Phi) is 4.95. The Morgan fingerprint density at radius 1 is 1.55 bits per heavy atom. The number of esters is 1. The van der Waals surface area contributed by atoms with Crippen LogP contribution in [0.3, 0.4) is 0 Å². The molecule has 1 aliphatic heterocycles. The third-order valence-electron chi connectivity index (χ3n) is 3.20. The molecule has 2 heterocycles. The van der Waals surface area contributed by atoms with Gasteiger partial charge in [0.1, 0.15) is 5.41 Å². The van der Waals surface area contributed by atoms with Crippen LogP contribution in [-0.4, -0.2) is 48.9 Å². The average Bonchev–Trinajstić information content (AvgIpc) is 2.89. The van der Waals surface area contributed by atoms with E-state index in [0.29, 0.717) is 6.61 Å². The number of hydrogen-bond acceptors (Lipinski definition) is 7. The predicted molar refractivity (Wildman–Crippen MR) is 77.8 cm³/mol. The molecule has 112 valence electrons. The number of carbonyl (C=O) groups excluding carboxylic acids is 1. The number of hydrogen-bond donors (Lipinski definition) is 1. The van der Waals surface area contributed by atoms with E-state index in [-0.39, 0.29) is 5.97 Å². The number of nitrogens with one attached hydrogen (secondary N) is 1. The summed E-state index contributed by atoms with van der Waals surface area (Å²) < 4.78 is 10.4. The van der Waals surface area contributed by atoms with E-state index in [2.05, 4.69) is 15.4 Å². The number of rotatable bonds is 5. The van der Waals surface area contributed by atoms with E-state index in [9.17, 15) is 4.79 Å². The SMILES string of the molecule is CCOC(=O)C(C)(C)c1csc(NN2CCOCC2)n1. The summed E-state index contributed by atoms with van der Waals surface area (Å²) in [5.74, 6) is -0.247. The van der Waals surface area contributed by atoms with Crippen molar-refractivity contribution in [2.75, 3.05) is 38.3 Å². The number of morpholine rings is 1. The molecule has 1 N–H and O–H groups in total. The molecule has 1 aromatic heterocycles. The molecule has 0 saturated carbocycles. The van der Waals surface area contributed by atoms with Crippen LogP contribution in [0.25, 0.3) is 0 Å². The third kappa shape index (κ3) is 3.47. The Labute approximate surface area is 123 Å². The number of ether oxygens (including phenoxy) is 2. The first-order valence-electron chi connectivity index (χ1n) is 6.76. The lowest BCUT2D eigenvalue weighted by molar-refractivity contribution is -0.148. The molecule has 20 heavy (non-hydrogen) atoms. The molecule has 7 heteroatoms. The normalized spacial score (nSPS) is 16.9. The van der Waals surface area contributed by atoms with Gasteiger partial charge in [0.15, 0.2) is 5.13 Å². The highest BCUT2D eigenvalue weighted by molar-refractivity contribution is 7.13. The minimum absolute atomic E-state index is 0.247. The molecule has 0 unspecified atom stereocenters. The van der Waals surface area contributed by atoms with Crippen LogP contribution in [0, 0.1) is 0 Å². The van der Waals surface area contributed by atoms with Gasteiger partial charge in [-0.2, -0.15) is 0 Å². The van der Waals surface area contributed by atoms with Crippen molar-refractivity contribution in [3.8, 4) is 0 Å². The van der Waals surface area contributed by atoms with Crippen molar-refractivity contribution in [1.29, 1.82) is 0 Å². The highest BCUT2D eigenvalue weighted by Gasteiger charge is 2.34. The summed E-state index contributed by atoms with van der Waals surface area (Å²) in [6.07, 6.45) is 0. The van der Waals surface area contributed by atoms with Crippen LogP contribution in [0.4, 0.5) is 5.13 Å². The third-order valence-corrected chi connectivity index (χ3v) is 3.94. The summed E-state index contributed by atoms with van der Waals surface area (Å²) in [7, 11) is 0. The van der Waals surface area contributed by atoms with Crippen molar-refractivity contribution in [2.45, 2.75) is 26.2 Å². The lowest BCUT2D eigenvalue weighted by Crippen LogP contribution is -2.40. The van der Waals surface area contributed by atoms with Crippen LogP contribution in [0.15, 0.2) is 5.38 Å². The fraction of sp³-hybridized carbons (Fsp3) is 0.692. The van der Waals surface area contributed by atoms with E-state index in [1.54, 1.807) is 6.92 Å². The van der Waals surface area contributed by atoms with Gasteiger partial charge in [-0.15, -0.1) is 11.3 Å². The van der Waals surface area contributed by atoms with Crippen molar-refractivity contribution in [3.63, 3.8) is 0 Å². The van der Waals surface area contributed by atoms with Crippen LogP contribution >= 0.6 is 11.3 Å². The molecule has 0 amide bonds. The maximum atomic E-state index is 12.0. The van der Waals surface area contributed by atoms with Gasteiger partial charge in [-0.3, -0.25) is 10.2 Å². The Morgan fingerprint density at radius 2 is 2.25 bits per heavy atom. The molecule has 0 bridgehead atoms. The van der Waals surface area contributed by atoms with Crippen molar-refractivity contribution in [3.05, 3.63) is 11.1 Å². The Balaban J connectivity index is 2.02. The fourth-order valence-corrected chi connectivity index (χ4v) is 2.74. The number of carbonyl (C=O) groups is 1. The Morgan fingerprint density at radius 3 is 2.90 bits per heavy atom. The van der Waals surface area contributed by atoms with Crippen LogP contribution in [-0.2, 0) is 19.7 Å². The molecule has 1 aliphatic rings. The number of thiazole rings is 1. The molecule has 0 radical (unpaired) electrons. The molecule has 1 aromatic rings. The maximum Gasteiger partial charge on any atom is 0.317 e. The van der Waals surface area contributed by atoms with Crippen molar-refractivity contribution in [1.82, 2.24) is 9.99 Å². The zero-order valence-corrected chi connectivity index (χ0v) is 13.0. The summed E-state index contributed by atoms with van der Waals surface area (Å²) in [6, 6.07) is 0. The molecule has 0 atom stereocenters. The molecular formula is C13H21N3O3S. The minimum Gasteiger partial charge on any atom is -0.465 e. The van der Waals surface area contributed by atoms with Crippen LogP contribution < -0.4 is 5.43 Å². The van der Waals surface area contributed by atoms with Gasteiger partial charge in [-0.25, -0.2) is 9.99 Å². The van der Waals surface area contributed by atoms with Crippen LogP contribution in [0.5, 0.6) is 0 Å². The van der Waals surface area contributed by atoms with E-state index in [1.807, 2.05) is 19.2 Å². The molecule has 0 aromatic carbocycles. The zero-order chi connectivity index (χ0) is 14.6. The van der Waals surface area contributed by atoms with E-state index < -0.39 is 5.41 Å². The molecular weight excluding hydrogens is 278 g/mol. The van der Waals surface area contributed by atoms with Gasteiger partial charge in [0.25, 0.3) is 0 Å². The molecule has 0 aliphatic carbocycles. The number of hydrazine groups is 1. The van der Waals surface area contributed by atoms with Gasteiger partial charge in [-0.1, -0.05) is 0 Å². The molecule has 0 spiro atoms. The number of anilines is 1. The summed E-state index contributed by atoms with van der Waals surface area (Å²) in [6.45, 7) is 8.95. The summed E-state index contributed by atoms with van der Waals surface area (Å²) in [4.78, 5) is 16.5. The highest BCUT2D eigenvalue weighted by atomic mass is 32.1. The van der Waals surface area contributed by atoms with Gasteiger partial charge in [-0.05, 0) is 20.8 Å². The number of aromatic nitrogens is 1. The predicted octanol–water partition coefficient (Wildman–Crippen LogP) is 1.64. The van der Waals surface area contributed by atoms with E-state index in [1.165, 1.54) is 11.3 Å². The monoisotopic (exact) mass is 299 g/mol. The molecule has 1 fully saturated rings. The first-order valence-corrected chi connectivity index (χ1v) is 7.64. The van der Waals surface area contributed by atoms with Gasteiger partial charge in [0, 0.05) is 18.5 Å². The smallest absolute Gasteiger partial charge is 0.317 e. The second-order valence-corrected chi connectivity index (χ2v) is 5.95. The lowest BCUT2D eigenvalue weighted by Gasteiger charge is -2.26. The average molecular weight is 299 g/mol.